The molecule has 1 atom stereocenters. The Morgan fingerprint density at radius 1 is 1.52 bits per heavy atom. The van der Waals surface area contributed by atoms with Gasteiger partial charge < -0.3 is 15.2 Å². The Hall–Kier alpha value is -1.21. The predicted octanol–water partition coefficient (Wildman–Crippen LogP) is 2.99. The van der Waals surface area contributed by atoms with Crippen LogP contribution in [0.15, 0.2) is 22.7 Å². The Bertz CT molecular complexity index is 558. The van der Waals surface area contributed by atoms with Gasteiger partial charge in [0.25, 0.3) is 0 Å². The summed E-state index contributed by atoms with van der Waals surface area (Å²) in [7, 11) is 1.52. The molecule has 1 aliphatic rings. The third-order valence-corrected chi connectivity index (χ3v) is 5.23. The first-order chi connectivity index (χ1) is 9.97. The fourth-order valence-electron chi connectivity index (χ4n) is 2.27. The summed E-state index contributed by atoms with van der Waals surface area (Å²) in [5, 5.41) is 12.1. The number of ether oxygens (including phenoxy) is 1. The minimum absolute atomic E-state index is 0.0228. The van der Waals surface area contributed by atoms with Crippen molar-refractivity contribution in [3.05, 3.63) is 22.7 Å². The van der Waals surface area contributed by atoms with Crippen molar-refractivity contribution in [1.29, 1.82) is 0 Å². The van der Waals surface area contributed by atoms with Crippen LogP contribution in [-0.2, 0) is 9.59 Å². The molecule has 1 saturated heterocycles. The standard InChI is InChI=1S/C14H16BrNO4S/c1-20-11-3-2-9(15)6-10(11)16-12(17)7-14(13(18)19)4-5-21-8-14/h2-3,6H,4-5,7-8H2,1H3,(H,16,17)(H,18,19). The van der Waals surface area contributed by atoms with E-state index in [2.05, 4.69) is 21.2 Å². The van der Waals surface area contributed by atoms with E-state index in [1.807, 2.05) is 0 Å². The number of halogens is 1. The highest BCUT2D eigenvalue weighted by Crippen LogP contribution is 2.40. The molecular weight excluding hydrogens is 358 g/mol. The van der Waals surface area contributed by atoms with E-state index in [0.717, 1.165) is 10.2 Å². The number of amides is 1. The molecular formula is C14H16BrNO4S. The van der Waals surface area contributed by atoms with E-state index in [0.29, 0.717) is 23.6 Å². The number of hydrogen-bond acceptors (Lipinski definition) is 4. The van der Waals surface area contributed by atoms with Gasteiger partial charge in [-0.05, 0) is 30.4 Å². The van der Waals surface area contributed by atoms with Gasteiger partial charge in [0.2, 0.25) is 5.91 Å². The highest BCUT2D eigenvalue weighted by Gasteiger charge is 2.43. The fraction of sp³-hybridized carbons (Fsp3) is 0.429. The molecule has 0 bridgehead atoms. The monoisotopic (exact) mass is 373 g/mol. The maximum Gasteiger partial charge on any atom is 0.311 e. The van der Waals surface area contributed by atoms with Gasteiger partial charge in [-0.25, -0.2) is 0 Å². The number of rotatable bonds is 5. The van der Waals surface area contributed by atoms with Crippen LogP contribution in [0.25, 0.3) is 0 Å². The number of carbonyl (C=O) groups excluding carboxylic acids is 1. The summed E-state index contributed by atoms with van der Waals surface area (Å²) in [6.07, 6.45) is 0.501. The molecule has 2 rings (SSSR count). The summed E-state index contributed by atoms with van der Waals surface area (Å²) in [5.74, 6) is 0.586. The SMILES string of the molecule is COc1ccc(Br)cc1NC(=O)CC1(C(=O)O)CCSC1. The van der Waals surface area contributed by atoms with E-state index >= 15 is 0 Å². The van der Waals surface area contributed by atoms with Gasteiger partial charge >= 0.3 is 5.97 Å². The summed E-state index contributed by atoms with van der Waals surface area (Å²) in [5.41, 5.74) is -0.420. The van der Waals surface area contributed by atoms with Gasteiger partial charge in [-0.3, -0.25) is 9.59 Å². The Balaban J connectivity index is 2.11. The zero-order valence-corrected chi connectivity index (χ0v) is 13.9. The van der Waals surface area contributed by atoms with E-state index in [1.54, 1.807) is 30.0 Å². The molecule has 0 saturated carbocycles. The maximum absolute atomic E-state index is 12.2. The van der Waals surface area contributed by atoms with Crippen LogP contribution in [0.3, 0.4) is 0 Å². The quantitative estimate of drug-likeness (QED) is 0.829. The van der Waals surface area contributed by atoms with Crippen molar-refractivity contribution < 1.29 is 19.4 Å². The molecule has 1 aliphatic heterocycles. The van der Waals surface area contributed by atoms with Gasteiger partial charge in [0, 0.05) is 16.6 Å². The lowest BCUT2D eigenvalue weighted by atomic mass is 9.84. The first kappa shape index (κ1) is 16.2. The molecule has 1 heterocycles. The van der Waals surface area contributed by atoms with Gasteiger partial charge in [0.05, 0.1) is 18.2 Å². The molecule has 21 heavy (non-hydrogen) atoms. The lowest BCUT2D eigenvalue weighted by Gasteiger charge is -2.22. The van der Waals surface area contributed by atoms with E-state index in [4.69, 9.17) is 4.74 Å². The molecule has 7 heteroatoms. The largest absolute Gasteiger partial charge is 0.495 e. The number of carboxylic acid groups (broad SMARTS) is 1. The van der Waals surface area contributed by atoms with Crippen molar-refractivity contribution in [2.24, 2.45) is 5.41 Å². The molecule has 1 unspecified atom stereocenters. The third kappa shape index (κ3) is 3.71. The number of anilines is 1. The number of benzene rings is 1. The highest BCUT2D eigenvalue weighted by molar-refractivity contribution is 9.10. The van der Waals surface area contributed by atoms with Crippen LogP contribution in [-0.4, -0.2) is 35.6 Å². The molecule has 5 nitrogen and oxygen atoms in total. The van der Waals surface area contributed by atoms with Crippen LogP contribution in [0.1, 0.15) is 12.8 Å². The number of carboxylic acids is 1. The number of hydrogen-bond donors (Lipinski definition) is 2. The second kappa shape index (κ2) is 6.70. The zero-order chi connectivity index (χ0) is 15.5. The topological polar surface area (TPSA) is 75.6 Å². The molecule has 1 amide bonds. The fourth-order valence-corrected chi connectivity index (χ4v) is 4.07. The second-order valence-electron chi connectivity index (χ2n) is 4.96. The van der Waals surface area contributed by atoms with Crippen LogP contribution >= 0.6 is 27.7 Å². The van der Waals surface area contributed by atoms with Crippen molar-refractivity contribution in [2.75, 3.05) is 23.9 Å². The van der Waals surface area contributed by atoms with Gasteiger partial charge in [-0.2, -0.15) is 11.8 Å². The lowest BCUT2D eigenvalue weighted by Crippen LogP contribution is -2.35. The van der Waals surface area contributed by atoms with E-state index < -0.39 is 11.4 Å². The summed E-state index contributed by atoms with van der Waals surface area (Å²) in [6, 6.07) is 5.27. The summed E-state index contributed by atoms with van der Waals surface area (Å²) < 4.78 is 6.00. The summed E-state index contributed by atoms with van der Waals surface area (Å²) >= 11 is 4.91. The van der Waals surface area contributed by atoms with Crippen LogP contribution in [0.5, 0.6) is 5.75 Å². The van der Waals surface area contributed by atoms with Gasteiger partial charge in [0.15, 0.2) is 0 Å². The molecule has 0 radical (unpaired) electrons. The van der Waals surface area contributed by atoms with Gasteiger partial charge in [0.1, 0.15) is 5.75 Å². The van der Waals surface area contributed by atoms with Crippen molar-refractivity contribution in [1.82, 2.24) is 0 Å². The minimum atomic E-state index is -0.950. The van der Waals surface area contributed by atoms with E-state index in [-0.39, 0.29) is 12.3 Å². The van der Waals surface area contributed by atoms with Crippen molar-refractivity contribution in [3.63, 3.8) is 0 Å². The molecule has 0 aromatic heterocycles. The molecule has 0 aliphatic carbocycles. The number of nitrogens with one attached hydrogen (secondary N) is 1. The van der Waals surface area contributed by atoms with Crippen LogP contribution in [0, 0.1) is 5.41 Å². The normalized spacial score (nSPS) is 21.0. The van der Waals surface area contributed by atoms with Crippen LogP contribution in [0.4, 0.5) is 5.69 Å². The molecule has 1 aromatic carbocycles. The first-order valence-corrected chi connectivity index (χ1v) is 8.36. The Morgan fingerprint density at radius 3 is 2.86 bits per heavy atom. The highest BCUT2D eigenvalue weighted by atomic mass is 79.9. The summed E-state index contributed by atoms with van der Waals surface area (Å²) in [4.78, 5) is 23.7. The number of methoxy groups -OCH3 is 1. The van der Waals surface area contributed by atoms with Crippen molar-refractivity contribution in [2.45, 2.75) is 12.8 Å². The zero-order valence-electron chi connectivity index (χ0n) is 11.5. The lowest BCUT2D eigenvalue weighted by molar-refractivity contribution is -0.149. The van der Waals surface area contributed by atoms with Crippen LogP contribution in [0.2, 0.25) is 0 Å². The first-order valence-electron chi connectivity index (χ1n) is 6.41. The van der Waals surface area contributed by atoms with Crippen LogP contribution < -0.4 is 10.1 Å². The predicted molar refractivity (Wildman–Crippen MR) is 86.0 cm³/mol. The average Bonchev–Trinajstić information content (AvgIpc) is 2.88. The van der Waals surface area contributed by atoms with Crippen molar-refractivity contribution >= 4 is 45.3 Å². The molecule has 0 spiro atoms. The Kier molecular flexibility index (Phi) is 5.16. The Morgan fingerprint density at radius 2 is 2.29 bits per heavy atom. The number of carbonyl (C=O) groups is 2. The second-order valence-corrected chi connectivity index (χ2v) is 6.98. The minimum Gasteiger partial charge on any atom is -0.495 e. The maximum atomic E-state index is 12.2. The molecule has 1 aromatic rings. The smallest absolute Gasteiger partial charge is 0.311 e. The number of aliphatic carboxylic acids is 1. The van der Waals surface area contributed by atoms with Gasteiger partial charge in [-0.15, -0.1) is 0 Å². The van der Waals surface area contributed by atoms with E-state index in [9.17, 15) is 14.7 Å². The average molecular weight is 374 g/mol. The third-order valence-electron chi connectivity index (χ3n) is 3.49. The molecule has 1 fully saturated rings. The number of thioether (sulfide) groups is 1. The van der Waals surface area contributed by atoms with Crippen molar-refractivity contribution in [3.8, 4) is 5.75 Å². The summed E-state index contributed by atoms with van der Waals surface area (Å²) in [6.45, 7) is 0. The molecule has 114 valence electrons. The Labute approximate surface area is 135 Å². The van der Waals surface area contributed by atoms with E-state index in [1.165, 1.54) is 7.11 Å². The van der Waals surface area contributed by atoms with Gasteiger partial charge in [-0.1, -0.05) is 15.9 Å². The molecule has 2 N–H and O–H groups in total.